The molecule has 0 aliphatic carbocycles. The number of hydrogen-bond acceptors (Lipinski definition) is 3. The molecular weight excluding hydrogens is 338 g/mol. The van der Waals surface area contributed by atoms with Crippen LogP contribution in [0.4, 0.5) is 5.69 Å². The van der Waals surface area contributed by atoms with Crippen LogP contribution >= 0.6 is 0 Å². The van der Waals surface area contributed by atoms with Crippen LogP contribution in [-0.4, -0.2) is 12.0 Å². The third-order valence-corrected chi connectivity index (χ3v) is 4.12. The van der Waals surface area contributed by atoms with Gasteiger partial charge in [0.05, 0.1) is 6.10 Å². The van der Waals surface area contributed by atoms with Gasteiger partial charge in [0.25, 0.3) is 5.91 Å². The van der Waals surface area contributed by atoms with Gasteiger partial charge in [0, 0.05) is 11.3 Å². The number of carbonyl (C=O) groups is 1. The van der Waals surface area contributed by atoms with Crippen molar-refractivity contribution in [2.45, 2.75) is 26.4 Å². The second kappa shape index (κ2) is 8.90. The van der Waals surface area contributed by atoms with E-state index in [9.17, 15) is 4.79 Å². The molecule has 4 nitrogen and oxygen atoms in total. The maximum atomic E-state index is 12.4. The molecule has 3 rings (SSSR count). The molecule has 4 heteroatoms. The second-order valence-corrected chi connectivity index (χ2v) is 6.25. The van der Waals surface area contributed by atoms with Gasteiger partial charge in [-0.3, -0.25) is 4.79 Å². The van der Waals surface area contributed by atoms with E-state index in [0.717, 1.165) is 17.9 Å². The van der Waals surface area contributed by atoms with Crippen molar-refractivity contribution >= 4 is 11.6 Å². The lowest BCUT2D eigenvalue weighted by Crippen LogP contribution is -2.12. The van der Waals surface area contributed by atoms with Gasteiger partial charge in [-0.1, -0.05) is 25.1 Å². The molecule has 0 aromatic heterocycles. The molecule has 0 radical (unpaired) electrons. The minimum Gasteiger partial charge on any atom is -0.491 e. The standard InChI is InChI=1S/C23H23NO3/c1-3-17(2)26-21-13-9-18(10-14-21)23(25)24-19-11-15-22(16-12-19)27-20-7-5-4-6-8-20/h4-17H,3H2,1-2H3,(H,24,25). The number of carbonyl (C=O) groups excluding carboxylic acids is 1. The topological polar surface area (TPSA) is 47.6 Å². The molecule has 1 N–H and O–H groups in total. The van der Waals surface area contributed by atoms with Crippen molar-refractivity contribution in [3.63, 3.8) is 0 Å². The van der Waals surface area contributed by atoms with Crippen LogP contribution in [0.25, 0.3) is 0 Å². The second-order valence-electron chi connectivity index (χ2n) is 6.25. The Morgan fingerprint density at radius 1 is 0.852 bits per heavy atom. The molecule has 1 atom stereocenters. The first-order valence-corrected chi connectivity index (χ1v) is 9.05. The fraction of sp³-hybridized carbons (Fsp3) is 0.174. The van der Waals surface area contributed by atoms with Gasteiger partial charge >= 0.3 is 0 Å². The number of ether oxygens (including phenoxy) is 2. The molecule has 0 aliphatic rings. The quantitative estimate of drug-likeness (QED) is 0.569. The van der Waals surface area contributed by atoms with Crippen molar-refractivity contribution in [3.05, 3.63) is 84.4 Å². The number of benzene rings is 3. The first kappa shape index (κ1) is 18.5. The summed E-state index contributed by atoms with van der Waals surface area (Å²) in [6.45, 7) is 4.09. The summed E-state index contributed by atoms with van der Waals surface area (Å²) in [5, 5.41) is 2.89. The number of para-hydroxylation sites is 1. The van der Waals surface area contributed by atoms with Gasteiger partial charge in [0.15, 0.2) is 0 Å². The lowest BCUT2D eigenvalue weighted by molar-refractivity contribution is 0.102. The summed E-state index contributed by atoms with van der Waals surface area (Å²) in [6.07, 6.45) is 1.09. The maximum absolute atomic E-state index is 12.4. The fourth-order valence-electron chi connectivity index (χ4n) is 2.43. The lowest BCUT2D eigenvalue weighted by atomic mass is 10.2. The van der Waals surface area contributed by atoms with Crippen molar-refractivity contribution in [2.24, 2.45) is 0 Å². The molecule has 0 saturated carbocycles. The van der Waals surface area contributed by atoms with Gasteiger partial charge in [-0.25, -0.2) is 0 Å². The monoisotopic (exact) mass is 361 g/mol. The number of anilines is 1. The highest BCUT2D eigenvalue weighted by atomic mass is 16.5. The third kappa shape index (κ3) is 5.35. The predicted molar refractivity (Wildman–Crippen MR) is 108 cm³/mol. The van der Waals surface area contributed by atoms with Crippen molar-refractivity contribution in [1.82, 2.24) is 0 Å². The summed E-state index contributed by atoms with van der Waals surface area (Å²) in [5.41, 5.74) is 1.29. The van der Waals surface area contributed by atoms with Gasteiger partial charge < -0.3 is 14.8 Å². The summed E-state index contributed by atoms with van der Waals surface area (Å²) >= 11 is 0. The van der Waals surface area contributed by atoms with Crippen LogP contribution in [0.1, 0.15) is 30.6 Å². The van der Waals surface area contributed by atoms with E-state index in [1.54, 1.807) is 12.1 Å². The number of nitrogens with one attached hydrogen (secondary N) is 1. The average Bonchev–Trinajstić information content (AvgIpc) is 2.70. The van der Waals surface area contributed by atoms with Crippen LogP contribution in [0.2, 0.25) is 0 Å². The summed E-state index contributed by atoms with van der Waals surface area (Å²) in [5.74, 6) is 2.09. The van der Waals surface area contributed by atoms with E-state index in [1.165, 1.54) is 0 Å². The first-order valence-electron chi connectivity index (χ1n) is 9.05. The van der Waals surface area contributed by atoms with Crippen LogP contribution in [0.3, 0.4) is 0 Å². The van der Waals surface area contributed by atoms with Crippen molar-refractivity contribution in [3.8, 4) is 17.2 Å². The fourth-order valence-corrected chi connectivity index (χ4v) is 2.43. The molecule has 0 saturated heterocycles. The minimum atomic E-state index is -0.165. The third-order valence-electron chi connectivity index (χ3n) is 4.12. The molecule has 138 valence electrons. The zero-order chi connectivity index (χ0) is 19.1. The molecule has 0 heterocycles. The van der Waals surface area contributed by atoms with Gasteiger partial charge in [-0.2, -0.15) is 0 Å². The number of amides is 1. The lowest BCUT2D eigenvalue weighted by Gasteiger charge is -2.13. The van der Waals surface area contributed by atoms with Crippen LogP contribution < -0.4 is 14.8 Å². The molecule has 27 heavy (non-hydrogen) atoms. The van der Waals surface area contributed by atoms with Crippen LogP contribution in [0.15, 0.2) is 78.9 Å². The zero-order valence-electron chi connectivity index (χ0n) is 15.5. The smallest absolute Gasteiger partial charge is 0.255 e. The van der Waals surface area contributed by atoms with E-state index in [0.29, 0.717) is 17.0 Å². The average molecular weight is 361 g/mol. The highest BCUT2D eigenvalue weighted by Crippen LogP contribution is 2.23. The molecule has 0 spiro atoms. The van der Waals surface area contributed by atoms with Crippen LogP contribution in [-0.2, 0) is 0 Å². The molecule has 1 amide bonds. The Labute approximate surface area is 159 Å². The summed E-state index contributed by atoms with van der Waals surface area (Å²) in [6, 6.07) is 24.0. The molecule has 0 fully saturated rings. The van der Waals surface area contributed by atoms with Gasteiger partial charge in [-0.05, 0) is 74.0 Å². The van der Waals surface area contributed by atoms with E-state index in [1.807, 2.05) is 73.7 Å². The maximum Gasteiger partial charge on any atom is 0.255 e. The van der Waals surface area contributed by atoms with Crippen molar-refractivity contribution in [2.75, 3.05) is 5.32 Å². The number of hydrogen-bond donors (Lipinski definition) is 1. The van der Waals surface area contributed by atoms with E-state index in [-0.39, 0.29) is 12.0 Å². The Morgan fingerprint density at radius 2 is 1.44 bits per heavy atom. The summed E-state index contributed by atoms with van der Waals surface area (Å²) in [7, 11) is 0. The Bertz CT molecular complexity index is 858. The Morgan fingerprint density at radius 3 is 2.07 bits per heavy atom. The van der Waals surface area contributed by atoms with E-state index in [4.69, 9.17) is 9.47 Å². The van der Waals surface area contributed by atoms with Crippen molar-refractivity contribution in [1.29, 1.82) is 0 Å². The Balaban J connectivity index is 1.59. The van der Waals surface area contributed by atoms with E-state index < -0.39 is 0 Å². The molecule has 3 aromatic rings. The highest BCUT2D eigenvalue weighted by Gasteiger charge is 2.08. The van der Waals surface area contributed by atoms with Gasteiger partial charge in [-0.15, -0.1) is 0 Å². The normalized spacial score (nSPS) is 11.5. The minimum absolute atomic E-state index is 0.154. The van der Waals surface area contributed by atoms with E-state index >= 15 is 0 Å². The van der Waals surface area contributed by atoms with Crippen LogP contribution in [0.5, 0.6) is 17.2 Å². The first-order chi connectivity index (χ1) is 13.1. The largest absolute Gasteiger partial charge is 0.491 e. The number of rotatable bonds is 7. The SMILES string of the molecule is CCC(C)Oc1ccc(C(=O)Nc2ccc(Oc3ccccc3)cc2)cc1. The molecular formula is C23H23NO3. The summed E-state index contributed by atoms with van der Waals surface area (Å²) < 4.78 is 11.5. The Hall–Kier alpha value is -3.27. The van der Waals surface area contributed by atoms with Gasteiger partial charge in [0.2, 0.25) is 0 Å². The molecule has 0 aliphatic heterocycles. The molecule has 3 aromatic carbocycles. The van der Waals surface area contributed by atoms with Crippen molar-refractivity contribution < 1.29 is 14.3 Å². The highest BCUT2D eigenvalue weighted by molar-refractivity contribution is 6.04. The Kier molecular flexibility index (Phi) is 6.10. The molecule has 0 bridgehead atoms. The summed E-state index contributed by atoms with van der Waals surface area (Å²) in [4.78, 5) is 12.4. The van der Waals surface area contributed by atoms with E-state index in [2.05, 4.69) is 12.2 Å². The van der Waals surface area contributed by atoms with Gasteiger partial charge in [0.1, 0.15) is 17.2 Å². The van der Waals surface area contributed by atoms with Crippen LogP contribution in [0, 0.1) is 0 Å². The predicted octanol–water partition coefficient (Wildman–Crippen LogP) is 5.91. The zero-order valence-corrected chi connectivity index (χ0v) is 15.5. The molecule has 1 unspecified atom stereocenters.